The first-order valence-electron chi connectivity index (χ1n) is 7.45. The second kappa shape index (κ2) is 8.76. The Balaban J connectivity index is 1.76. The summed E-state index contributed by atoms with van der Waals surface area (Å²) in [6, 6.07) is 12.9. The van der Waals surface area contributed by atoms with Crippen molar-refractivity contribution in [1.82, 2.24) is 0 Å². The molecule has 0 unspecified atom stereocenters. The van der Waals surface area contributed by atoms with Gasteiger partial charge in [-0.1, -0.05) is 29.8 Å². The van der Waals surface area contributed by atoms with E-state index in [-0.39, 0.29) is 23.3 Å². The minimum atomic E-state index is -0.144. The number of thioether (sulfide) groups is 1. The lowest BCUT2D eigenvalue weighted by atomic mass is 10.2. The van der Waals surface area contributed by atoms with Crippen LogP contribution in [-0.2, 0) is 9.59 Å². The minimum Gasteiger partial charge on any atom is -0.325 e. The topological polar surface area (TPSA) is 58.2 Å². The van der Waals surface area contributed by atoms with E-state index in [0.29, 0.717) is 5.02 Å². The second-order valence-electron chi connectivity index (χ2n) is 5.36. The van der Waals surface area contributed by atoms with Crippen LogP contribution in [-0.4, -0.2) is 23.3 Å². The van der Waals surface area contributed by atoms with Crippen molar-refractivity contribution in [2.75, 3.05) is 22.1 Å². The van der Waals surface area contributed by atoms with E-state index in [1.54, 1.807) is 18.2 Å². The van der Waals surface area contributed by atoms with Crippen molar-refractivity contribution in [2.24, 2.45) is 0 Å². The molecular formula is C18H19ClN2O2S. The van der Waals surface area contributed by atoms with Gasteiger partial charge >= 0.3 is 0 Å². The van der Waals surface area contributed by atoms with Crippen molar-refractivity contribution in [3.05, 3.63) is 58.6 Å². The zero-order chi connectivity index (χ0) is 17.5. The zero-order valence-electron chi connectivity index (χ0n) is 13.6. The second-order valence-corrected chi connectivity index (χ2v) is 6.79. The first-order chi connectivity index (χ1) is 11.5. The molecule has 2 rings (SSSR count). The number of aryl methyl sites for hydroxylation is 2. The van der Waals surface area contributed by atoms with Crippen molar-refractivity contribution in [3.8, 4) is 0 Å². The molecule has 0 aliphatic rings. The fraction of sp³-hybridized carbons (Fsp3) is 0.222. The van der Waals surface area contributed by atoms with Gasteiger partial charge in [0.15, 0.2) is 0 Å². The molecule has 2 aromatic rings. The molecule has 0 radical (unpaired) electrons. The van der Waals surface area contributed by atoms with Crippen LogP contribution in [0.25, 0.3) is 0 Å². The van der Waals surface area contributed by atoms with Crippen molar-refractivity contribution in [3.63, 3.8) is 0 Å². The molecule has 0 bridgehead atoms. The number of carbonyl (C=O) groups excluding carboxylic acids is 2. The molecule has 126 valence electrons. The molecule has 0 aliphatic heterocycles. The molecule has 0 aliphatic carbocycles. The minimum absolute atomic E-state index is 0.121. The van der Waals surface area contributed by atoms with E-state index in [4.69, 9.17) is 11.6 Å². The highest BCUT2D eigenvalue weighted by Gasteiger charge is 2.08. The van der Waals surface area contributed by atoms with Crippen LogP contribution in [0, 0.1) is 13.8 Å². The van der Waals surface area contributed by atoms with Crippen LogP contribution in [0.3, 0.4) is 0 Å². The first-order valence-corrected chi connectivity index (χ1v) is 8.98. The predicted molar refractivity (Wildman–Crippen MR) is 102 cm³/mol. The summed E-state index contributed by atoms with van der Waals surface area (Å²) < 4.78 is 0. The van der Waals surface area contributed by atoms with E-state index < -0.39 is 0 Å². The van der Waals surface area contributed by atoms with Crippen LogP contribution in [0.1, 0.15) is 11.1 Å². The van der Waals surface area contributed by atoms with E-state index in [1.165, 1.54) is 11.8 Å². The number of nitrogens with one attached hydrogen (secondary N) is 2. The maximum atomic E-state index is 11.9. The fourth-order valence-electron chi connectivity index (χ4n) is 2.09. The molecule has 0 atom stereocenters. The third kappa shape index (κ3) is 5.58. The average Bonchev–Trinajstić information content (AvgIpc) is 2.52. The van der Waals surface area contributed by atoms with E-state index in [9.17, 15) is 9.59 Å². The van der Waals surface area contributed by atoms with Crippen molar-refractivity contribution in [1.29, 1.82) is 0 Å². The van der Waals surface area contributed by atoms with E-state index in [2.05, 4.69) is 10.6 Å². The summed E-state index contributed by atoms with van der Waals surface area (Å²) in [6.45, 7) is 3.81. The highest BCUT2D eigenvalue weighted by Crippen LogP contribution is 2.20. The molecule has 0 heterocycles. The number of hydrogen-bond acceptors (Lipinski definition) is 3. The summed E-state index contributed by atoms with van der Waals surface area (Å²) in [4.78, 5) is 23.9. The maximum Gasteiger partial charge on any atom is 0.234 e. The van der Waals surface area contributed by atoms with Gasteiger partial charge in [0.05, 0.1) is 11.5 Å². The third-order valence-electron chi connectivity index (χ3n) is 3.35. The molecule has 0 spiro atoms. The Morgan fingerprint density at radius 2 is 1.50 bits per heavy atom. The van der Waals surface area contributed by atoms with Gasteiger partial charge in [-0.25, -0.2) is 0 Å². The van der Waals surface area contributed by atoms with Crippen LogP contribution < -0.4 is 10.6 Å². The monoisotopic (exact) mass is 362 g/mol. The third-order valence-corrected chi connectivity index (χ3v) is 4.52. The molecule has 6 heteroatoms. The molecule has 0 aromatic heterocycles. The Bertz CT molecular complexity index is 750. The lowest BCUT2D eigenvalue weighted by Crippen LogP contribution is -2.19. The lowest BCUT2D eigenvalue weighted by Gasteiger charge is -2.09. The molecule has 4 nitrogen and oxygen atoms in total. The summed E-state index contributed by atoms with van der Waals surface area (Å²) in [6.07, 6.45) is 0. The Morgan fingerprint density at radius 3 is 2.08 bits per heavy atom. The Kier molecular flexibility index (Phi) is 6.70. The normalized spacial score (nSPS) is 10.3. The molecule has 0 saturated carbocycles. The standard InChI is InChI=1S/C18H19ClN2O2S/c1-12-5-3-4-6-15(12)20-17(22)10-24-11-18(23)21-16-8-7-14(19)9-13(16)2/h3-9H,10-11H2,1-2H3,(H,20,22)(H,21,23). The Labute approximate surface area is 151 Å². The van der Waals surface area contributed by atoms with Crippen molar-refractivity contribution < 1.29 is 9.59 Å². The van der Waals surface area contributed by atoms with Crippen LogP contribution in [0.15, 0.2) is 42.5 Å². The summed E-state index contributed by atoms with van der Waals surface area (Å²) in [5.41, 5.74) is 3.43. The average molecular weight is 363 g/mol. The number of benzene rings is 2. The van der Waals surface area contributed by atoms with E-state index in [1.807, 2.05) is 38.1 Å². The number of carbonyl (C=O) groups is 2. The van der Waals surface area contributed by atoms with Gasteiger partial charge in [-0.3, -0.25) is 9.59 Å². The van der Waals surface area contributed by atoms with Crippen molar-refractivity contribution in [2.45, 2.75) is 13.8 Å². The smallest absolute Gasteiger partial charge is 0.234 e. The van der Waals surface area contributed by atoms with Gasteiger partial charge < -0.3 is 10.6 Å². The molecule has 2 N–H and O–H groups in total. The highest BCUT2D eigenvalue weighted by molar-refractivity contribution is 8.00. The van der Waals surface area contributed by atoms with Crippen molar-refractivity contribution >= 4 is 46.6 Å². The first kappa shape index (κ1) is 18.4. The number of anilines is 2. The van der Waals surface area contributed by atoms with E-state index in [0.717, 1.165) is 22.5 Å². The number of amides is 2. The summed E-state index contributed by atoms with van der Waals surface area (Å²) in [7, 11) is 0. The SMILES string of the molecule is Cc1ccccc1NC(=O)CSCC(=O)Nc1ccc(Cl)cc1C. The van der Waals surface area contributed by atoms with Gasteiger partial charge in [-0.15, -0.1) is 11.8 Å². The number of rotatable bonds is 6. The molecule has 2 aromatic carbocycles. The fourth-order valence-corrected chi connectivity index (χ4v) is 2.93. The van der Waals surface area contributed by atoms with Gasteiger partial charge in [0, 0.05) is 16.4 Å². The number of para-hydroxylation sites is 1. The molecular weight excluding hydrogens is 344 g/mol. The molecule has 0 fully saturated rings. The Hall–Kier alpha value is -1.98. The van der Waals surface area contributed by atoms with Crippen LogP contribution in [0.2, 0.25) is 5.02 Å². The highest BCUT2D eigenvalue weighted by atomic mass is 35.5. The zero-order valence-corrected chi connectivity index (χ0v) is 15.1. The number of halogens is 1. The molecule has 24 heavy (non-hydrogen) atoms. The summed E-state index contributed by atoms with van der Waals surface area (Å²) >= 11 is 7.16. The van der Waals surface area contributed by atoms with Gasteiger partial charge in [0.25, 0.3) is 0 Å². The van der Waals surface area contributed by atoms with Gasteiger partial charge in [0.2, 0.25) is 11.8 Å². The van der Waals surface area contributed by atoms with E-state index >= 15 is 0 Å². The van der Waals surface area contributed by atoms with Gasteiger partial charge in [-0.05, 0) is 49.2 Å². The van der Waals surface area contributed by atoms with Crippen LogP contribution in [0.5, 0.6) is 0 Å². The van der Waals surface area contributed by atoms with Crippen LogP contribution >= 0.6 is 23.4 Å². The predicted octanol–water partition coefficient (Wildman–Crippen LogP) is 4.27. The summed E-state index contributed by atoms with van der Waals surface area (Å²) in [5.74, 6) is 0.170. The summed E-state index contributed by atoms with van der Waals surface area (Å²) in [5, 5.41) is 6.29. The molecule has 0 saturated heterocycles. The largest absolute Gasteiger partial charge is 0.325 e. The van der Waals surface area contributed by atoms with Gasteiger partial charge in [0.1, 0.15) is 0 Å². The maximum absolute atomic E-state index is 11.9. The van der Waals surface area contributed by atoms with Gasteiger partial charge in [-0.2, -0.15) is 0 Å². The Morgan fingerprint density at radius 1 is 0.917 bits per heavy atom. The van der Waals surface area contributed by atoms with Crippen LogP contribution in [0.4, 0.5) is 11.4 Å². The number of hydrogen-bond donors (Lipinski definition) is 2. The lowest BCUT2D eigenvalue weighted by molar-refractivity contribution is -0.114. The molecule has 2 amide bonds. The quantitative estimate of drug-likeness (QED) is 0.806.